The van der Waals surface area contributed by atoms with E-state index in [4.69, 9.17) is 9.84 Å². The summed E-state index contributed by atoms with van der Waals surface area (Å²) in [5, 5.41) is 8.99. The first-order valence-corrected chi connectivity index (χ1v) is 7.22. The first kappa shape index (κ1) is 15.4. The summed E-state index contributed by atoms with van der Waals surface area (Å²) < 4.78 is 27.4. The van der Waals surface area contributed by atoms with Gasteiger partial charge < -0.3 is 9.84 Å². The molecule has 0 spiro atoms. The number of aromatic nitrogens is 1. The van der Waals surface area contributed by atoms with Crippen LogP contribution < -0.4 is 4.74 Å². The molecule has 0 saturated carbocycles. The van der Waals surface area contributed by atoms with Crippen LogP contribution in [0.5, 0.6) is 5.75 Å². The van der Waals surface area contributed by atoms with E-state index in [2.05, 4.69) is 4.98 Å². The first-order valence-electron chi connectivity index (χ1n) is 5.57. The molecular formula is C12H17NO5S. The molecule has 1 aromatic heterocycles. The van der Waals surface area contributed by atoms with E-state index in [0.29, 0.717) is 11.4 Å². The van der Waals surface area contributed by atoms with Crippen LogP contribution in [0.1, 0.15) is 25.2 Å². The Hall–Kier alpha value is -1.63. The molecule has 0 aromatic carbocycles. The van der Waals surface area contributed by atoms with Gasteiger partial charge in [-0.05, 0) is 20.8 Å². The standard InChI is InChI=1S/C12H17NO5S/c1-8-5-10(18-4)6-9(13-8)7-19(16,17)12(2,3)11(14)15/h5-6H,7H2,1-4H3,(H,14,15). The Balaban J connectivity index is 3.16. The van der Waals surface area contributed by atoms with Crippen molar-refractivity contribution in [2.24, 2.45) is 0 Å². The second-order valence-corrected chi connectivity index (χ2v) is 7.25. The van der Waals surface area contributed by atoms with Gasteiger partial charge in [-0.1, -0.05) is 0 Å². The molecule has 0 bridgehead atoms. The van der Waals surface area contributed by atoms with Gasteiger partial charge in [0.2, 0.25) is 0 Å². The monoisotopic (exact) mass is 287 g/mol. The Kier molecular flexibility index (Phi) is 4.19. The van der Waals surface area contributed by atoms with Gasteiger partial charge >= 0.3 is 5.97 Å². The molecule has 1 aromatic rings. The number of carboxylic acids is 1. The fraction of sp³-hybridized carbons (Fsp3) is 0.500. The lowest BCUT2D eigenvalue weighted by Gasteiger charge is -2.19. The van der Waals surface area contributed by atoms with Crippen molar-refractivity contribution in [1.82, 2.24) is 4.98 Å². The number of hydrogen-bond donors (Lipinski definition) is 1. The molecule has 1 heterocycles. The highest BCUT2D eigenvalue weighted by atomic mass is 32.2. The van der Waals surface area contributed by atoms with Gasteiger partial charge in [0.05, 0.1) is 18.6 Å². The van der Waals surface area contributed by atoms with Crippen molar-refractivity contribution in [2.75, 3.05) is 7.11 Å². The zero-order chi connectivity index (χ0) is 14.8. The number of aliphatic carboxylic acids is 1. The minimum atomic E-state index is -3.87. The van der Waals surface area contributed by atoms with E-state index in [1.54, 1.807) is 13.0 Å². The number of carboxylic acid groups (broad SMARTS) is 1. The summed E-state index contributed by atoms with van der Waals surface area (Å²) in [7, 11) is -2.40. The molecule has 0 atom stereocenters. The van der Waals surface area contributed by atoms with Gasteiger partial charge in [-0.3, -0.25) is 9.78 Å². The van der Waals surface area contributed by atoms with Crippen molar-refractivity contribution >= 4 is 15.8 Å². The van der Waals surface area contributed by atoms with Crippen LogP contribution in [0.15, 0.2) is 12.1 Å². The molecule has 0 amide bonds. The Labute approximate surface area is 112 Å². The largest absolute Gasteiger partial charge is 0.497 e. The Morgan fingerprint density at radius 3 is 2.47 bits per heavy atom. The summed E-state index contributed by atoms with van der Waals surface area (Å²) in [4.78, 5) is 15.1. The van der Waals surface area contributed by atoms with Crippen molar-refractivity contribution in [3.05, 3.63) is 23.5 Å². The average Bonchev–Trinajstić information content (AvgIpc) is 2.26. The molecule has 0 radical (unpaired) electrons. The van der Waals surface area contributed by atoms with Crippen LogP contribution in [0.25, 0.3) is 0 Å². The Morgan fingerprint density at radius 2 is 2.00 bits per heavy atom. The number of aryl methyl sites for hydroxylation is 1. The maximum atomic E-state index is 12.1. The smallest absolute Gasteiger partial charge is 0.324 e. The normalized spacial score (nSPS) is 12.2. The third-order valence-electron chi connectivity index (χ3n) is 2.85. The predicted molar refractivity (Wildman–Crippen MR) is 69.9 cm³/mol. The summed E-state index contributed by atoms with van der Waals surface area (Å²) in [6, 6.07) is 3.15. The molecule has 0 fully saturated rings. The maximum Gasteiger partial charge on any atom is 0.324 e. The van der Waals surface area contributed by atoms with Gasteiger partial charge in [-0.2, -0.15) is 0 Å². The van der Waals surface area contributed by atoms with Gasteiger partial charge in [0.25, 0.3) is 0 Å². The van der Waals surface area contributed by atoms with E-state index in [9.17, 15) is 13.2 Å². The molecule has 1 rings (SSSR count). The Bertz CT molecular complexity index is 592. The van der Waals surface area contributed by atoms with Crippen LogP contribution in [-0.2, 0) is 20.4 Å². The number of rotatable bonds is 5. The van der Waals surface area contributed by atoms with Crippen molar-refractivity contribution in [1.29, 1.82) is 0 Å². The fourth-order valence-corrected chi connectivity index (χ4v) is 2.57. The van der Waals surface area contributed by atoms with E-state index in [1.807, 2.05) is 0 Å². The molecule has 0 aliphatic rings. The third-order valence-corrected chi connectivity index (χ3v) is 5.25. The third kappa shape index (κ3) is 3.23. The molecule has 0 aliphatic heterocycles. The van der Waals surface area contributed by atoms with E-state index in [1.165, 1.54) is 13.2 Å². The van der Waals surface area contributed by atoms with Crippen LogP contribution in [-0.4, -0.2) is 36.3 Å². The van der Waals surface area contributed by atoms with Crippen molar-refractivity contribution in [3.8, 4) is 5.75 Å². The summed E-state index contributed by atoms with van der Waals surface area (Å²) in [6.07, 6.45) is 0. The fourth-order valence-electron chi connectivity index (χ4n) is 1.40. The minimum absolute atomic E-state index is 0.270. The van der Waals surface area contributed by atoms with Crippen LogP contribution in [0.3, 0.4) is 0 Å². The highest BCUT2D eigenvalue weighted by Crippen LogP contribution is 2.23. The predicted octanol–water partition coefficient (Wildman–Crippen LogP) is 1.18. The molecule has 19 heavy (non-hydrogen) atoms. The molecule has 7 heteroatoms. The number of hydrogen-bond acceptors (Lipinski definition) is 5. The molecule has 0 unspecified atom stereocenters. The van der Waals surface area contributed by atoms with E-state index in [-0.39, 0.29) is 5.69 Å². The van der Waals surface area contributed by atoms with Crippen LogP contribution >= 0.6 is 0 Å². The molecule has 0 aliphatic carbocycles. The number of ether oxygens (including phenoxy) is 1. The highest BCUT2D eigenvalue weighted by molar-refractivity contribution is 7.92. The molecule has 0 saturated heterocycles. The topological polar surface area (TPSA) is 93.6 Å². The lowest BCUT2D eigenvalue weighted by Crippen LogP contribution is -2.41. The van der Waals surface area contributed by atoms with Crippen LogP contribution in [0.2, 0.25) is 0 Å². The number of methoxy groups -OCH3 is 1. The SMILES string of the molecule is COc1cc(C)nc(CS(=O)(=O)C(C)(C)C(=O)O)c1. The number of nitrogens with zero attached hydrogens (tertiary/aromatic N) is 1. The van der Waals surface area contributed by atoms with Crippen LogP contribution in [0.4, 0.5) is 0 Å². The summed E-state index contributed by atoms with van der Waals surface area (Å²) in [5.74, 6) is -1.33. The van der Waals surface area contributed by atoms with Gasteiger partial charge in [0, 0.05) is 17.8 Å². The molecular weight excluding hydrogens is 270 g/mol. The summed E-state index contributed by atoms with van der Waals surface area (Å²) in [6.45, 7) is 4.04. The zero-order valence-electron chi connectivity index (χ0n) is 11.3. The summed E-state index contributed by atoms with van der Waals surface area (Å²) in [5.41, 5.74) is 0.879. The number of carbonyl (C=O) groups is 1. The quantitative estimate of drug-likeness (QED) is 0.874. The van der Waals surface area contributed by atoms with E-state index < -0.39 is 26.3 Å². The van der Waals surface area contributed by atoms with E-state index in [0.717, 1.165) is 13.8 Å². The Morgan fingerprint density at radius 1 is 1.42 bits per heavy atom. The maximum absolute atomic E-state index is 12.1. The molecule has 106 valence electrons. The minimum Gasteiger partial charge on any atom is -0.497 e. The van der Waals surface area contributed by atoms with Crippen molar-refractivity contribution < 1.29 is 23.1 Å². The zero-order valence-corrected chi connectivity index (χ0v) is 12.1. The highest BCUT2D eigenvalue weighted by Gasteiger charge is 2.42. The van der Waals surface area contributed by atoms with Gasteiger partial charge in [0.1, 0.15) is 5.75 Å². The molecule has 6 nitrogen and oxygen atoms in total. The van der Waals surface area contributed by atoms with Crippen molar-refractivity contribution in [2.45, 2.75) is 31.3 Å². The lowest BCUT2D eigenvalue weighted by atomic mass is 10.2. The number of sulfone groups is 1. The number of pyridine rings is 1. The van der Waals surface area contributed by atoms with Crippen LogP contribution in [0, 0.1) is 6.92 Å². The van der Waals surface area contributed by atoms with Gasteiger partial charge in [0.15, 0.2) is 14.6 Å². The first-order chi connectivity index (χ1) is 8.60. The average molecular weight is 287 g/mol. The van der Waals surface area contributed by atoms with Gasteiger partial charge in [-0.25, -0.2) is 8.42 Å². The summed E-state index contributed by atoms with van der Waals surface area (Å²) >= 11 is 0. The molecule has 1 N–H and O–H groups in total. The second kappa shape index (κ2) is 5.16. The van der Waals surface area contributed by atoms with Crippen molar-refractivity contribution in [3.63, 3.8) is 0 Å². The lowest BCUT2D eigenvalue weighted by molar-refractivity contribution is -0.139. The second-order valence-electron chi connectivity index (χ2n) is 4.71. The van der Waals surface area contributed by atoms with E-state index >= 15 is 0 Å². The van der Waals surface area contributed by atoms with Gasteiger partial charge in [-0.15, -0.1) is 0 Å².